The molecule has 1 N–H and O–H groups in total. The van der Waals surface area contributed by atoms with Crippen molar-refractivity contribution in [2.45, 2.75) is 51.4 Å². The Morgan fingerprint density at radius 3 is 2.50 bits per heavy atom. The van der Waals surface area contributed by atoms with Crippen LogP contribution in [0.5, 0.6) is 0 Å². The zero-order valence-electron chi connectivity index (χ0n) is 8.10. The van der Waals surface area contributed by atoms with E-state index in [0.717, 1.165) is 12.5 Å². The zero-order chi connectivity index (χ0) is 8.60. The highest BCUT2D eigenvalue weighted by atomic mass is 16.5. The molecular weight excluding hydrogens is 150 g/mol. The fourth-order valence-electron chi connectivity index (χ4n) is 2.56. The van der Waals surface area contributed by atoms with E-state index < -0.39 is 0 Å². The minimum absolute atomic E-state index is 0.00405. The van der Waals surface area contributed by atoms with Gasteiger partial charge in [0.05, 0.1) is 6.10 Å². The summed E-state index contributed by atoms with van der Waals surface area (Å²) >= 11 is 0. The fourth-order valence-corrected chi connectivity index (χ4v) is 2.56. The second-order valence-electron chi connectivity index (χ2n) is 4.40. The Labute approximate surface area is 74.7 Å². The second-order valence-corrected chi connectivity index (χ2v) is 4.40. The zero-order valence-corrected chi connectivity index (χ0v) is 8.10. The van der Waals surface area contributed by atoms with Gasteiger partial charge < -0.3 is 4.74 Å². The molecule has 2 aliphatic rings. The Morgan fingerprint density at radius 2 is 2.00 bits per heavy atom. The molecule has 0 radical (unpaired) electrons. The van der Waals surface area contributed by atoms with E-state index in [1.807, 2.05) is 0 Å². The minimum Gasteiger partial charge on any atom is -0.356 e. The summed E-state index contributed by atoms with van der Waals surface area (Å²) in [6.45, 7) is 5.38. The molecule has 0 spiro atoms. The molecule has 12 heavy (non-hydrogen) atoms. The first-order valence-electron chi connectivity index (χ1n) is 5.13. The Hall–Kier alpha value is -0.0800. The van der Waals surface area contributed by atoms with Crippen molar-refractivity contribution in [3.8, 4) is 0 Å². The van der Waals surface area contributed by atoms with Gasteiger partial charge in [0.25, 0.3) is 0 Å². The van der Waals surface area contributed by atoms with Crippen LogP contribution in [0.4, 0.5) is 0 Å². The second kappa shape index (κ2) is 3.00. The minimum atomic E-state index is -0.00405. The third-order valence-corrected chi connectivity index (χ3v) is 3.32. The quantitative estimate of drug-likeness (QED) is 0.647. The molecule has 2 unspecified atom stereocenters. The highest BCUT2D eigenvalue weighted by molar-refractivity contribution is 4.90. The van der Waals surface area contributed by atoms with Crippen LogP contribution in [0, 0.1) is 5.92 Å². The average molecular weight is 169 g/mol. The number of rotatable bonds is 1. The van der Waals surface area contributed by atoms with Crippen molar-refractivity contribution < 1.29 is 4.74 Å². The molecule has 2 rings (SSSR count). The van der Waals surface area contributed by atoms with Gasteiger partial charge in [-0.2, -0.15) is 0 Å². The molecule has 0 aromatic carbocycles. The van der Waals surface area contributed by atoms with Crippen molar-refractivity contribution in [1.29, 1.82) is 0 Å². The highest BCUT2D eigenvalue weighted by Gasteiger charge is 2.41. The van der Waals surface area contributed by atoms with Crippen LogP contribution in [-0.4, -0.2) is 18.4 Å². The van der Waals surface area contributed by atoms with Crippen molar-refractivity contribution in [3.05, 3.63) is 0 Å². The van der Waals surface area contributed by atoms with Crippen LogP contribution in [0.15, 0.2) is 0 Å². The lowest BCUT2D eigenvalue weighted by Gasteiger charge is -2.31. The first-order valence-corrected chi connectivity index (χ1v) is 5.13. The molecular formula is C10H19NO. The summed E-state index contributed by atoms with van der Waals surface area (Å²) in [5, 5.41) is 3.50. The Bertz CT molecular complexity index is 165. The molecule has 0 aromatic heterocycles. The first-order chi connectivity index (χ1) is 5.71. The van der Waals surface area contributed by atoms with Gasteiger partial charge in [-0.1, -0.05) is 12.8 Å². The maximum Gasteiger partial charge on any atom is 0.119 e. The average Bonchev–Trinajstić information content (AvgIpc) is 2.59. The summed E-state index contributed by atoms with van der Waals surface area (Å²) in [5.74, 6) is 0.752. The van der Waals surface area contributed by atoms with Crippen molar-refractivity contribution in [3.63, 3.8) is 0 Å². The monoisotopic (exact) mass is 169 g/mol. The molecule has 1 aliphatic carbocycles. The topological polar surface area (TPSA) is 21.3 Å². The van der Waals surface area contributed by atoms with Crippen LogP contribution in [-0.2, 0) is 4.74 Å². The SMILES string of the molecule is CC1CNC(C)(C2CCCC2)O1. The normalized spacial score (nSPS) is 44.0. The lowest BCUT2D eigenvalue weighted by atomic mass is 9.96. The molecule has 1 aliphatic heterocycles. The molecule has 2 nitrogen and oxygen atoms in total. The van der Waals surface area contributed by atoms with Gasteiger partial charge >= 0.3 is 0 Å². The molecule has 0 amide bonds. The summed E-state index contributed by atoms with van der Waals surface area (Å²) < 4.78 is 5.92. The van der Waals surface area contributed by atoms with Crippen LogP contribution >= 0.6 is 0 Å². The van der Waals surface area contributed by atoms with Gasteiger partial charge in [-0.15, -0.1) is 0 Å². The number of hydrogen-bond acceptors (Lipinski definition) is 2. The molecule has 2 atom stereocenters. The van der Waals surface area contributed by atoms with Crippen molar-refractivity contribution in [2.24, 2.45) is 5.92 Å². The molecule has 70 valence electrons. The van der Waals surface area contributed by atoms with Gasteiger partial charge in [0.15, 0.2) is 0 Å². The molecule has 1 heterocycles. The summed E-state index contributed by atoms with van der Waals surface area (Å²) in [4.78, 5) is 0. The molecule has 2 fully saturated rings. The van der Waals surface area contributed by atoms with Gasteiger partial charge in [0.2, 0.25) is 0 Å². The molecule has 0 aromatic rings. The van der Waals surface area contributed by atoms with Gasteiger partial charge in [-0.05, 0) is 26.7 Å². The summed E-state index contributed by atoms with van der Waals surface area (Å²) in [7, 11) is 0. The van der Waals surface area contributed by atoms with E-state index in [2.05, 4.69) is 19.2 Å². The van der Waals surface area contributed by atoms with E-state index >= 15 is 0 Å². The number of ether oxygens (including phenoxy) is 1. The van der Waals surface area contributed by atoms with Crippen LogP contribution < -0.4 is 5.32 Å². The van der Waals surface area contributed by atoms with Crippen molar-refractivity contribution in [2.75, 3.05) is 6.54 Å². The van der Waals surface area contributed by atoms with Gasteiger partial charge in [0.1, 0.15) is 5.72 Å². The Morgan fingerprint density at radius 1 is 1.33 bits per heavy atom. The molecule has 1 saturated heterocycles. The predicted molar refractivity (Wildman–Crippen MR) is 48.9 cm³/mol. The number of nitrogens with one attached hydrogen (secondary N) is 1. The van der Waals surface area contributed by atoms with E-state index in [4.69, 9.17) is 4.74 Å². The largest absolute Gasteiger partial charge is 0.356 e. The Kier molecular flexibility index (Phi) is 2.13. The van der Waals surface area contributed by atoms with E-state index in [0.29, 0.717) is 6.10 Å². The molecule has 1 saturated carbocycles. The van der Waals surface area contributed by atoms with Crippen LogP contribution in [0.25, 0.3) is 0 Å². The van der Waals surface area contributed by atoms with E-state index in [9.17, 15) is 0 Å². The smallest absolute Gasteiger partial charge is 0.119 e. The standard InChI is InChI=1S/C10H19NO/c1-8-7-11-10(2,12-8)9-5-3-4-6-9/h8-9,11H,3-7H2,1-2H3. The van der Waals surface area contributed by atoms with Crippen molar-refractivity contribution >= 4 is 0 Å². The molecule has 0 bridgehead atoms. The van der Waals surface area contributed by atoms with Crippen molar-refractivity contribution in [1.82, 2.24) is 5.32 Å². The van der Waals surface area contributed by atoms with E-state index in [1.165, 1.54) is 25.7 Å². The Balaban J connectivity index is 2.00. The summed E-state index contributed by atoms with van der Waals surface area (Å²) in [6, 6.07) is 0. The lowest BCUT2D eigenvalue weighted by Crippen LogP contribution is -2.44. The maximum absolute atomic E-state index is 5.92. The van der Waals surface area contributed by atoms with Gasteiger partial charge in [-0.25, -0.2) is 0 Å². The van der Waals surface area contributed by atoms with Crippen LogP contribution in [0.3, 0.4) is 0 Å². The summed E-state index contributed by atoms with van der Waals surface area (Å²) in [5.41, 5.74) is -0.00405. The summed E-state index contributed by atoms with van der Waals surface area (Å²) in [6.07, 6.45) is 5.86. The third kappa shape index (κ3) is 1.38. The first kappa shape index (κ1) is 8.52. The number of hydrogen-bond donors (Lipinski definition) is 1. The van der Waals surface area contributed by atoms with Gasteiger partial charge in [-0.3, -0.25) is 5.32 Å². The highest BCUT2D eigenvalue weighted by Crippen LogP contribution is 2.37. The van der Waals surface area contributed by atoms with Gasteiger partial charge in [0, 0.05) is 12.5 Å². The lowest BCUT2D eigenvalue weighted by molar-refractivity contribution is -0.0698. The third-order valence-electron chi connectivity index (χ3n) is 3.32. The fraction of sp³-hybridized carbons (Fsp3) is 1.00. The van der Waals surface area contributed by atoms with E-state index in [-0.39, 0.29) is 5.72 Å². The molecule has 2 heteroatoms. The van der Waals surface area contributed by atoms with Crippen LogP contribution in [0.2, 0.25) is 0 Å². The van der Waals surface area contributed by atoms with E-state index in [1.54, 1.807) is 0 Å². The maximum atomic E-state index is 5.92. The van der Waals surface area contributed by atoms with Crippen LogP contribution in [0.1, 0.15) is 39.5 Å². The predicted octanol–water partition coefficient (Wildman–Crippen LogP) is 1.90.